The first-order chi connectivity index (χ1) is 14.5. The van der Waals surface area contributed by atoms with Crippen LogP contribution in [0.3, 0.4) is 0 Å². The Kier molecular flexibility index (Phi) is 9.41. The van der Waals surface area contributed by atoms with E-state index in [1.807, 2.05) is 42.5 Å². The van der Waals surface area contributed by atoms with Gasteiger partial charge in [-0.15, -0.1) is 0 Å². The number of nitrogens with zero attached hydrogens (tertiary/aromatic N) is 1. The van der Waals surface area contributed by atoms with E-state index in [9.17, 15) is 10.1 Å². The summed E-state index contributed by atoms with van der Waals surface area (Å²) in [6.07, 6.45) is 7.93. The van der Waals surface area contributed by atoms with Crippen molar-refractivity contribution in [3.63, 3.8) is 0 Å². The number of benzene rings is 2. The molecule has 0 amide bonds. The van der Waals surface area contributed by atoms with Gasteiger partial charge >= 0.3 is 5.97 Å². The van der Waals surface area contributed by atoms with Crippen LogP contribution in [0.5, 0.6) is 11.5 Å². The molecule has 30 heavy (non-hydrogen) atoms. The lowest BCUT2D eigenvalue weighted by Crippen LogP contribution is -2.29. The predicted octanol–water partition coefficient (Wildman–Crippen LogP) is 6.94. The number of carbonyl (C=O) groups is 1. The number of unbranched alkanes of at least 4 members (excludes halogenated alkanes) is 5. The first-order valence-electron chi connectivity index (χ1n) is 11.0. The molecule has 1 unspecified atom stereocenters. The minimum absolute atomic E-state index is 0.410. The predicted molar refractivity (Wildman–Crippen MR) is 120 cm³/mol. The molecule has 2 rings (SSSR count). The highest BCUT2D eigenvalue weighted by Crippen LogP contribution is 2.27. The van der Waals surface area contributed by atoms with Crippen molar-refractivity contribution in [1.29, 1.82) is 5.26 Å². The summed E-state index contributed by atoms with van der Waals surface area (Å²) in [6.45, 7) is 6.38. The molecule has 0 aromatic heterocycles. The molecule has 160 valence electrons. The van der Waals surface area contributed by atoms with Gasteiger partial charge in [0.05, 0.1) is 12.7 Å². The normalized spacial score (nSPS) is 12.6. The number of rotatable bonds is 12. The molecule has 2 aromatic carbocycles. The highest BCUT2D eigenvalue weighted by molar-refractivity contribution is 5.81. The van der Waals surface area contributed by atoms with E-state index in [1.54, 1.807) is 26.0 Å². The van der Waals surface area contributed by atoms with E-state index < -0.39 is 11.4 Å². The third-order valence-corrected chi connectivity index (χ3v) is 5.42. The van der Waals surface area contributed by atoms with Crippen molar-refractivity contribution >= 4 is 5.97 Å². The van der Waals surface area contributed by atoms with Gasteiger partial charge < -0.3 is 9.47 Å². The van der Waals surface area contributed by atoms with E-state index in [-0.39, 0.29) is 0 Å². The van der Waals surface area contributed by atoms with Gasteiger partial charge in [0.1, 0.15) is 11.5 Å². The second-order valence-corrected chi connectivity index (χ2v) is 7.85. The minimum atomic E-state index is -1.12. The van der Waals surface area contributed by atoms with Crippen LogP contribution in [0.25, 0.3) is 11.1 Å². The maximum atomic E-state index is 12.2. The maximum absolute atomic E-state index is 12.2. The Labute approximate surface area is 180 Å². The Morgan fingerprint density at radius 2 is 1.40 bits per heavy atom. The Morgan fingerprint density at radius 1 is 0.867 bits per heavy atom. The quantitative estimate of drug-likeness (QED) is 0.217. The molecule has 0 heterocycles. The van der Waals surface area contributed by atoms with Crippen LogP contribution in [0.2, 0.25) is 0 Å². The number of esters is 1. The van der Waals surface area contributed by atoms with Crippen molar-refractivity contribution in [3.05, 3.63) is 48.5 Å². The second kappa shape index (κ2) is 12.0. The molecule has 0 aliphatic rings. The Hall–Kier alpha value is -2.80. The van der Waals surface area contributed by atoms with Gasteiger partial charge in [-0.2, -0.15) is 5.26 Å². The zero-order valence-electron chi connectivity index (χ0n) is 18.4. The lowest BCUT2D eigenvalue weighted by Gasteiger charge is -2.17. The lowest BCUT2D eigenvalue weighted by atomic mass is 9.90. The molecule has 0 bridgehead atoms. The van der Waals surface area contributed by atoms with Crippen molar-refractivity contribution in [3.8, 4) is 28.7 Å². The second-order valence-electron chi connectivity index (χ2n) is 7.85. The first kappa shape index (κ1) is 23.5. The van der Waals surface area contributed by atoms with Crippen LogP contribution in [0.4, 0.5) is 0 Å². The molecule has 1 atom stereocenters. The van der Waals surface area contributed by atoms with Gasteiger partial charge in [0.15, 0.2) is 5.41 Å². The van der Waals surface area contributed by atoms with E-state index in [4.69, 9.17) is 9.47 Å². The monoisotopic (exact) mass is 407 g/mol. The summed E-state index contributed by atoms with van der Waals surface area (Å²) in [6, 6.07) is 17.4. The minimum Gasteiger partial charge on any atom is -0.494 e. The van der Waals surface area contributed by atoms with Crippen molar-refractivity contribution in [1.82, 2.24) is 0 Å². The van der Waals surface area contributed by atoms with Crippen molar-refractivity contribution < 1.29 is 14.3 Å². The van der Waals surface area contributed by atoms with Crippen molar-refractivity contribution in [2.24, 2.45) is 5.41 Å². The van der Waals surface area contributed by atoms with Gasteiger partial charge in [-0.05, 0) is 55.2 Å². The molecular weight excluding hydrogens is 374 g/mol. The number of hydrogen-bond donors (Lipinski definition) is 0. The van der Waals surface area contributed by atoms with Gasteiger partial charge in [0, 0.05) is 0 Å². The van der Waals surface area contributed by atoms with Crippen molar-refractivity contribution in [2.75, 3.05) is 6.61 Å². The summed E-state index contributed by atoms with van der Waals surface area (Å²) < 4.78 is 11.2. The maximum Gasteiger partial charge on any atom is 0.331 e. The topological polar surface area (TPSA) is 59.3 Å². The molecule has 0 fully saturated rings. The number of nitriles is 1. The Bertz CT molecular complexity index is 821. The molecule has 4 nitrogen and oxygen atoms in total. The van der Waals surface area contributed by atoms with Crippen LogP contribution < -0.4 is 9.47 Å². The third-order valence-electron chi connectivity index (χ3n) is 5.42. The summed E-state index contributed by atoms with van der Waals surface area (Å²) in [5, 5.41) is 9.20. The van der Waals surface area contributed by atoms with Crippen LogP contribution in [0, 0.1) is 16.7 Å². The van der Waals surface area contributed by atoms with Gasteiger partial charge in [-0.25, -0.2) is 4.79 Å². The van der Waals surface area contributed by atoms with Gasteiger partial charge in [0.2, 0.25) is 0 Å². The van der Waals surface area contributed by atoms with E-state index in [2.05, 4.69) is 6.92 Å². The summed E-state index contributed by atoms with van der Waals surface area (Å²) >= 11 is 0. The summed E-state index contributed by atoms with van der Waals surface area (Å²) in [7, 11) is 0. The SMILES string of the molecule is CCCCCCCCOc1ccc(-c2ccc(OC(=O)C(C)(C#N)CC)cc2)cc1. The van der Waals surface area contributed by atoms with E-state index in [1.165, 1.54) is 32.1 Å². The van der Waals surface area contributed by atoms with Crippen LogP contribution in [0.1, 0.15) is 65.7 Å². The summed E-state index contributed by atoms with van der Waals surface area (Å²) in [5.41, 5.74) is 0.968. The molecule has 0 aliphatic carbocycles. The highest BCUT2D eigenvalue weighted by atomic mass is 16.5. The molecule has 0 saturated heterocycles. The van der Waals surface area contributed by atoms with Gasteiger partial charge in [0.25, 0.3) is 0 Å². The van der Waals surface area contributed by atoms with E-state index >= 15 is 0 Å². The van der Waals surface area contributed by atoms with Crippen LogP contribution in [0.15, 0.2) is 48.5 Å². The Morgan fingerprint density at radius 3 is 1.93 bits per heavy atom. The molecule has 2 aromatic rings. The summed E-state index contributed by atoms with van der Waals surface area (Å²) in [5.74, 6) is 0.804. The van der Waals surface area contributed by atoms with Crippen LogP contribution in [-0.4, -0.2) is 12.6 Å². The Balaban J connectivity index is 1.85. The van der Waals surface area contributed by atoms with Crippen LogP contribution in [-0.2, 0) is 4.79 Å². The number of ether oxygens (including phenoxy) is 2. The first-order valence-corrected chi connectivity index (χ1v) is 11.0. The fourth-order valence-corrected chi connectivity index (χ4v) is 3.02. The average molecular weight is 408 g/mol. The van der Waals surface area contributed by atoms with Gasteiger partial charge in [-0.3, -0.25) is 0 Å². The number of hydrogen-bond acceptors (Lipinski definition) is 4. The van der Waals surface area contributed by atoms with Gasteiger partial charge in [-0.1, -0.05) is 70.2 Å². The van der Waals surface area contributed by atoms with Crippen molar-refractivity contribution in [2.45, 2.75) is 65.7 Å². The molecule has 0 aliphatic heterocycles. The fraction of sp³-hybridized carbons (Fsp3) is 0.462. The molecular formula is C26H33NO3. The zero-order chi connectivity index (χ0) is 21.8. The highest BCUT2D eigenvalue weighted by Gasteiger charge is 2.33. The smallest absolute Gasteiger partial charge is 0.331 e. The van der Waals surface area contributed by atoms with E-state index in [0.29, 0.717) is 12.2 Å². The van der Waals surface area contributed by atoms with Crippen LogP contribution >= 0.6 is 0 Å². The average Bonchev–Trinajstić information content (AvgIpc) is 2.79. The van der Waals surface area contributed by atoms with E-state index in [0.717, 1.165) is 29.9 Å². The number of carbonyl (C=O) groups excluding carboxylic acids is 1. The third kappa shape index (κ3) is 6.91. The fourth-order valence-electron chi connectivity index (χ4n) is 3.02. The summed E-state index contributed by atoms with van der Waals surface area (Å²) in [4.78, 5) is 12.2. The molecule has 0 N–H and O–H groups in total. The zero-order valence-corrected chi connectivity index (χ0v) is 18.4. The molecule has 0 saturated carbocycles. The molecule has 0 spiro atoms. The molecule has 4 heteroatoms. The molecule has 0 radical (unpaired) electrons. The lowest BCUT2D eigenvalue weighted by molar-refractivity contribution is -0.141. The largest absolute Gasteiger partial charge is 0.494 e. The standard InChI is InChI=1S/C26H33NO3/c1-4-6-7-8-9-10-19-29-23-15-11-21(12-16-23)22-13-17-24(18-14-22)30-25(28)26(3,5-2)20-27/h11-18H,4-10,19H2,1-3H3.